The fourth-order valence-electron chi connectivity index (χ4n) is 2.05. The van der Waals surface area contributed by atoms with Crippen molar-refractivity contribution in [2.24, 2.45) is 5.92 Å². The highest BCUT2D eigenvalue weighted by molar-refractivity contribution is 5.30. The Kier molecular flexibility index (Phi) is 4.55. The molecule has 0 aliphatic heterocycles. The lowest BCUT2D eigenvalue weighted by Gasteiger charge is -2.18. The Morgan fingerprint density at radius 3 is 2.75 bits per heavy atom. The van der Waals surface area contributed by atoms with Crippen LogP contribution in [-0.2, 0) is 6.42 Å². The summed E-state index contributed by atoms with van der Waals surface area (Å²) in [5, 5.41) is 2.90. The number of nitrogens with one attached hydrogen (secondary N) is 1. The van der Waals surface area contributed by atoms with E-state index in [9.17, 15) is 0 Å². The van der Waals surface area contributed by atoms with Gasteiger partial charge in [0.1, 0.15) is 11.6 Å². The number of furan rings is 1. The fourth-order valence-corrected chi connectivity index (χ4v) is 2.05. The maximum atomic E-state index is 5.71. The molecule has 2 unspecified atom stereocenters. The molecule has 6 heteroatoms. The average molecular weight is 275 g/mol. The molecule has 0 aliphatic carbocycles. The molecular formula is C14H21N5O. The molecule has 0 aliphatic rings. The molecule has 0 saturated heterocycles. The molecule has 3 N–H and O–H groups in total. The number of nitrogens with zero attached hydrogens (tertiary/aromatic N) is 3. The van der Waals surface area contributed by atoms with Gasteiger partial charge in [0.2, 0.25) is 11.9 Å². The molecule has 0 saturated carbocycles. The summed E-state index contributed by atoms with van der Waals surface area (Å²) in [7, 11) is 1.77. The highest BCUT2D eigenvalue weighted by Crippen LogP contribution is 2.26. The van der Waals surface area contributed by atoms with Crippen LogP contribution in [0.5, 0.6) is 0 Å². The lowest BCUT2D eigenvalue weighted by Crippen LogP contribution is -2.14. The van der Waals surface area contributed by atoms with Crippen LogP contribution in [0.1, 0.15) is 37.8 Å². The van der Waals surface area contributed by atoms with E-state index in [1.54, 1.807) is 13.3 Å². The second-order valence-electron chi connectivity index (χ2n) is 5.01. The summed E-state index contributed by atoms with van der Waals surface area (Å²) >= 11 is 0. The lowest BCUT2D eigenvalue weighted by molar-refractivity contribution is 0.411. The summed E-state index contributed by atoms with van der Waals surface area (Å²) in [4.78, 5) is 12.6. The van der Waals surface area contributed by atoms with E-state index < -0.39 is 0 Å². The minimum atomic E-state index is 0.211. The third-order valence-corrected chi connectivity index (χ3v) is 3.58. The number of nitrogen functional groups attached to an aromatic ring is 1. The number of rotatable bonds is 6. The molecule has 0 amide bonds. The Hall–Kier alpha value is -2.11. The third kappa shape index (κ3) is 3.46. The summed E-state index contributed by atoms with van der Waals surface area (Å²) in [6, 6.07) is 3.91. The monoisotopic (exact) mass is 275 g/mol. The SMILES string of the molecule is CNc1nc(N)nc(C(C)C(C)CCc2ccco2)n1. The van der Waals surface area contributed by atoms with Crippen molar-refractivity contribution in [1.82, 2.24) is 15.0 Å². The van der Waals surface area contributed by atoms with Gasteiger partial charge in [-0.25, -0.2) is 0 Å². The van der Waals surface area contributed by atoms with Crippen molar-refractivity contribution < 1.29 is 4.42 Å². The molecule has 2 aromatic heterocycles. The Morgan fingerprint density at radius 2 is 2.10 bits per heavy atom. The third-order valence-electron chi connectivity index (χ3n) is 3.58. The number of aryl methyl sites for hydroxylation is 1. The smallest absolute Gasteiger partial charge is 0.227 e. The molecule has 0 radical (unpaired) electrons. The minimum Gasteiger partial charge on any atom is -0.469 e. The van der Waals surface area contributed by atoms with Gasteiger partial charge in [-0.15, -0.1) is 0 Å². The molecule has 2 rings (SSSR count). The van der Waals surface area contributed by atoms with Gasteiger partial charge in [0.05, 0.1) is 6.26 Å². The summed E-state index contributed by atoms with van der Waals surface area (Å²) in [6.45, 7) is 4.30. The van der Waals surface area contributed by atoms with Gasteiger partial charge in [-0.1, -0.05) is 13.8 Å². The predicted octanol–water partition coefficient (Wildman–Crippen LogP) is 2.46. The Balaban J connectivity index is 2.02. The van der Waals surface area contributed by atoms with Crippen LogP contribution in [0.4, 0.5) is 11.9 Å². The van der Waals surface area contributed by atoms with Crippen LogP contribution in [-0.4, -0.2) is 22.0 Å². The van der Waals surface area contributed by atoms with Crippen LogP contribution in [0.15, 0.2) is 22.8 Å². The lowest BCUT2D eigenvalue weighted by atomic mass is 9.90. The van der Waals surface area contributed by atoms with E-state index >= 15 is 0 Å². The van der Waals surface area contributed by atoms with Crippen LogP contribution < -0.4 is 11.1 Å². The van der Waals surface area contributed by atoms with Crippen LogP contribution >= 0.6 is 0 Å². The van der Waals surface area contributed by atoms with Crippen molar-refractivity contribution in [2.45, 2.75) is 32.6 Å². The van der Waals surface area contributed by atoms with Gasteiger partial charge >= 0.3 is 0 Å². The average Bonchev–Trinajstić information content (AvgIpc) is 2.96. The number of anilines is 2. The second kappa shape index (κ2) is 6.36. The Bertz CT molecular complexity index is 541. The molecule has 0 fully saturated rings. The van der Waals surface area contributed by atoms with E-state index in [1.807, 2.05) is 12.1 Å². The highest BCUT2D eigenvalue weighted by Gasteiger charge is 2.19. The second-order valence-corrected chi connectivity index (χ2v) is 5.01. The molecule has 108 valence electrons. The first-order chi connectivity index (χ1) is 9.60. The zero-order chi connectivity index (χ0) is 14.5. The van der Waals surface area contributed by atoms with E-state index in [-0.39, 0.29) is 11.9 Å². The van der Waals surface area contributed by atoms with Crippen LogP contribution in [0.2, 0.25) is 0 Å². The molecule has 0 aromatic carbocycles. The summed E-state index contributed by atoms with van der Waals surface area (Å²) in [6.07, 6.45) is 3.63. The van der Waals surface area contributed by atoms with Crippen molar-refractivity contribution in [3.8, 4) is 0 Å². The van der Waals surface area contributed by atoms with Gasteiger partial charge in [0.25, 0.3) is 0 Å². The molecular weight excluding hydrogens is 254 g/mol. The Morgan fingerprint density at radius 1 is 1.30 bits per heavy atom. The van der Waals surface area contributed by atoms with Crippen LogP contribution in [0.3, 0.4) is 0 Å². The first-order valence-corrected chi connectivity index (χ1v) is 6.81. The number of hydrogen-bond donors (Lipinski definition) is 2. The van der Waals surface area contributed by atoms with Crippen molar-refractivity contribution in [3.63, 3.8) is 0 Å². The van der Waals surface area contributed by atoms with Crippen molar-refractivity contribution in [2.75, 3.05) is 18.1 Å². The fraction of sp³-hybridized carbons (Fsp3) is 0.500. The van der Waals surface area contributed by atoms with Crippen molar-refractivity contribution in [3.05, 3.63) is 30.0 Å². The molecule has 0 spiro atoms. The van der Waals surface area contributed by atoms with Crippen LogP contribution in [0, 0.1) is 5.92 Å². The number of nitrogens with two attached hydrogens (primary N) is 1. The standard InChI is InChI=1S/C14H21N5O/c1-9(6-7-11-5-4-8-20-11)10(2)12-17-13(15)19-14(16-3)18-12/h4-5,8-10H,6-7H2,1-3H3,(H3,15,16,17,18,19). The highest BCUT2D eigenvalue weighted by atomic mass is 16.3. The van der Waals surface area contributed by atoms with Crippen molar-refractivity contribution >= 4 is 11.9 Å². The summed E-state index contributed by atoms with van der Waals surface area (Å²) in [5.74, 6) is 3.14. The van der Waals surface area contributed by atoms with Crippen molar-refractivity contribution in [1.29, 1.82) is 0 Å². The van der Waals surface area contributed by atoms with E-state index in [1.165, 1.54) is 0 Å². The first-order valence-electron chi connectivity index (χ1n) is 6.81. The van der Waals surface area contributed by atoms with Crippen LogP contribution in [0.25, 0.3) is 0 Å². The molecule has 6 nitrogen and oxygen atoms in total. The maximum absolute atomic E-state index is 5.71. The Labute approximate surface area is 118 Å². The minimum absolute atomic E-state index is 0.211. The molecule has 20 heavy (non-hydrogen) atoms. The predicted molar refractivity (Wildman–Crippen MR) is 78.4 cm³/mol. The normalized spacial score (nSPS) is 13.9. The van der Waals surface area contributed by atoms with Gasteiger partial charge in [-0.05, 0) is 24.5 Å². The topological polar surface area (TPSA) is 89.9 Å². The van der Waals surface area contributed by atoms with E-state index in [0.717, 1.165) is 24.4 Å². The van der Waals surface area contributed by atoms with Gasteiger partial charge in [-0.3, -0.25) is 0 Å². The van der Waals surface area contributed by atoms with Gasteiger partial charge in [0.15, 0.2) is 0 Å². The molecule has 0 bridgehead atoms. The van der Waals surface area contributed by atoms with E-state index in [4.69, 9.17) is 10.2 Å². The summed E-state index contributed by atoms with van der Waals surface area (Å²) < 4.78 is 5.35. The number of hydrogen-bond acceptors (Lipinski definition) is 6. The zero-order valence-electron chi connectivity index (χ0n) is 12.1. The first kappa shape index (κ1) is 14.3. The van der Waals surface area contributed by atoms with E-state index in [0.29, 0.717) is 11.9 Å². The molecule has 2 atom stereocenters. The zero-order valence-corrected chi connectivity index (χ0v) is 12.1. The van der Waals surface area contributed by atoms with E-state index in [2.05, 4.69) is 34.1 Å². The van der Waals surface area contributed by atoms with Gasteiger partial charge in [-0.2, -0.15) is 15.0 Å². The van der Waals surface area contributed by atoms with Gasteiger partial charge in [0, 0.05) is 19.4 Å². The summed E-state index contributed by atoms with van der Waals surface area (Å²) in [5.41, 5.74) is 5.71. The van der Waals surface area contributed by atoms with Gasteiger partial charge < -0.3 is 15.5 Å². The maximum Gasteiger partial charge on any atom is 0.227 e. The largest absolute Gasteiger partial charge is 0.469 e. The quantitative estimate of drug-likeness (QED) is 0.841. The molecule has 2 heterocycles. The molecule has 2 aromatic rings. The number of aromatic nitrogens is 3.